The maximum Gasteiger partial charge on any atom is 0.269 e. The molecule has 1 saturated heterocycles. The number of amides is 2. The zero-order chi connectivity index (χ0) is 26.0. The first-order valence-electron chi connectivity index (χ1n) is 11.2. The summed E-state index contributed by atoms with van der Waals surface area (Å²) in [6.45, 7) is 5.88. The Morgan fingerprint density at radius 3 is 2.42 bits per heavy atom. The van der Waals surface area contributed by atoms with Gasteiger partial charge in [0.05, 0.1) is 5.25 Å². The summed E-state index contributed by atoms with van der Waals surface area (Å²) in [5, 5.41) is 13.5. The zero-order valence-electron chi connectivity index (χ0n) is 19.9. The van der Waals surface area contributed by atoms with Crippen molar-refractivity contribution in [3.8, 4) is 6.07 Å². The SMILES string of the molecule is Cc1ccc(NC(=O)/C(C#N)=C2\S[C@@H](Cc3cc(Cl)ccc3Cl)C(=O)N2c2ccc(C)c(C)c2)cc1. The van der Waals surface area contributed by atoms with E-state index in [1.165, 1.54) is 16.7 Å². The van der Waals surface area contributed by atoms with Crippen molar-refractivity contribution in [2.24, 2.45) is 0 Å². The Labute approximate surface area is 224 Å². The summed E-state index contributed by atoms with van der Waals surface area (Å²) in [6.07, 6.45) is 0.298. The summed E-state index contributed by atoms with van der Waals surface area (Å²) in [5.74, 6) is -0.808. The molecular weight excluding hydrogens is 513 g/mol. The molecule has 0 aliphatic carbocycles. The lowest BCUT2D eigenvalue weighted by Gasteiger charge is -2.20. The lowest BCUT2D eigenvalue weighted by molar-refractivity contribution is -0.117. The van der Waals surface area contributed by atoms with E-state index in [0.717, 1.165) is 22.3 Å². The van der Waals surface area contributed by atoms with Crippen molar-refractivity contribution in [3.63, 3.8) is 0 Å². The number of nitriles is 1. The van der Waals surface area contributed by atoms with E-state index in [2.05, 4.69) is 5.32 Å². The highest BCUT2D eigenvalue weighted by Crippen LogP contribution is 2.43. The molecule has 1 aliphatic heterocycles. The number of rotatable bonds is 5. The van der Waals surface area contributed by atoms with Crippen LogP contribution in [0.2, 0.25) is 10.0 Å². The van der Waals surface area contributed by atoms with Gasteiger partial charge in [-0.05, 0) is 86.3 Å². The first-order valence-corrected chi connectivity index (χ1v) is 12.9. The highest BCUT2D eigenvalue weighted by molar-refractivity contribution is 8.05. The minimum atomic E-state index is -0.590. The van der Waals surface area contributed by atoms with Gasteiger partial charge in [-0.1, -0.05) is 58.7 Å². The third-order valence-corrected chi connectivity index (χ3v) is 7.84. The van der Waals surface area contributed by atoms with Crippen LogP contribution in [-0.4, -0.2) is 17.1 Å². The number of nitrogens with zero attached hydrogens (tertiary/aromatic N) is 2. The molecule has 8 heteroatoms. The van der Waals surface area contributed by atoms with Gasteiger partial charge in [-0.3, -0.25) is 14.5 Å². The van der Waals surface area contributed by atoms with E-state index in [1.54, 1.807) is 30.3 Å². The van der Waals surface area contributed by atoms with Crippen LogP contribution >= 0.6 is 35.0 Å². The zero-order valence-corrected chi connectivity index (χ0v) is 22.3. The second kappa shape index (κ2) is 10.8. The van der Waals surface area contributed by atoms with Crippen LogP contribution < -0.4 is 10.2 Å². The van der Waals surface area contributed by atoms with Gasteiger partial charge in [-0.25, -0.2) is 0 Å². The molecule has 0 bridgehead atoms. The van der Waals surface area contributed by atoms with Gasteiger partial charge in [0.25, 0.3) is 5.91 Å². The second-order valence-electron chi connectivity index (χ2n) is 8.60. The van der Waals surface area contributed by atoms with Crippen LogP contribution in [-0.2, 0) is 16.0 Å². The molecule has 0 unspecified atom stereocenters. The molecule has 3 aromatic carbocycles. The van der Waals surface area contributed by atoms with Gasteiger partial charge in [0.2, 0.25) is 5.91 Å². The minimum absolute atomic E-state index is 0.133. The number of carbonyl (C=O) groups excluding carboxylic acids is 2. The average Bonchev–Trinajstić information content (AvgIpc) is 3.15. The molecule has 4 rings (SSSR count). The molecule has 2 amide bonds. The lowest BCUT2D eigenvalue weighted by Crippen LogP contribution is -2.31. The van der Waals surface area contributed by atoms with Crippen molar-refractivity contribution in [1.82, 2.24) is 0 Å². The highest BCUT2D eigenvalue weighted by atomic mass is 35.5. The number of carbonyl (C=O) groups is 2. The molecule has 1 heterocycles. The molecule has 0 aromatic heterocycles. The third kappa shape index (κ3) is 5.44. The molecule has 1 aliphatic rings. The van der Waals surface area contributed by atoms with Crippen LogP contribution in [0.1, 0.15) is 22.3 Å². The van der Waals surface area contributed by atoms with Crippen molar-refractivity contribution in [2.45, 2.75) is 32.4 Å². The summed E-state index contributed by atoms with van der Waals surface area (Å²) in [4.78, 5) is 28.4. The van der Waals surface area contributed by atoms with E-state index in [9.17, 15) is 14.9 Å². The maximum absolute atomic E-state index is 13.7. The largest absolute Gasteiger partial charge is 0.321 e. The van der Waals surface area contributed by atoms with E-state index < -0.39 is 11.2 Å². The summed E-state index contributed by atoms with van der Waals surface area (Å²) in [7, 11) is 0. The van der Waals surface area contributed by atoms with E-state index in [-0.39, 0.29) is 11.5 Å². The van der Waals surface area contributed by atoms with Crippen LogP contribution in [0, 0.1) is 32.1 Å². The predicted molar refractivity (Wildman–Crippen MR) is 147 cm³/mol. The number of nitrogens with one attached hydrogen (secondary N) is 1. The summed E-state index contributed by atoms with van der Waals surface area (Å²) < 4.78 is 0. The Balaban J connectivity index is 1.76. The number of benzene rings is 3. The van der Waals surface area contributed by atoms with Gasteiger partial charge < -0.3 is 5.32 Å². The van der Waals surface area contributed by atoms with Gasteiger partial charge in [0.15, 0.2) is 0 Å². The van der Waals surface area contributed by atoms with E-state index in [4.69, 9.17) is 23.2 Å². The van der Waals surface area contributed by atoms with Crippen LogP contribution in [0.15, 0.2) is 71.3 Å². The third-order valence-electron chi connectivity index (χ3n) is 5.98. The number of halogens is 2. The number of anilines is 2. The molecule has 182 valence electrons. The molecule has 0 spiro atoms. The normalized spacial score (nSPS) is 16.6. The average molecular weight is 536 g/mol. The number of aryl methyl sites for hydroxylation is 3. The first kappa shape index (κ1) is 25.8. The van der Waals surface area contributed by atoms with Gasteiger partial charge in [0, 0.05) is 21.4 Å². The second-order valence-corrected chi connectivity index (χ2v) is 10.6. The quantitative estimate of drug-likeness (QED) is 0.282. The van der Waals surface area contributed by atoms with E-state index >= 15 is 0 Å². The Morgan fingerprint density at radius 1 is 1.03 bits per heavy atom. The van der Waals surface area contributed by atoms with Crippen LogP contribution in [0.5, 0.6) is 0 Å². The lowest BCUT2D eigenvalue weighted by atomic mass is 10.1. The van der Waals surface area contributed by atoms with E-state index in [1.807, 2.05) is 57.2 Å². The van der Waals surface area contributed by atoms with Gasteiger partial charge in [-0.15, -0.1) is 0 Å². The molecule has 5 nitrogen and oxygen atoms in total. The monoisotopic (exact) mass is 535 g/mol. The fourth-order valence-electron chi connectivity index (χ4n) is 3.82. The standard InChI is InChI=1S/C28H23Cl2N3O2S/c1-16-4-8-21(9-5-16)32-26(34)23(15-31)28-33(22-10-6-17(2)18(3)12-22)27(35)25(36-28)14-19-13-20(29)7-11-24(19)30/h4-13,25H,14H2,1-3H3,(H,32,34)/b28-23-/t25-/m0/s1. The maximum atomic E-state index is 13.7. The van der Waals surface area contributed by atoms with Crippen molar-refractivity contribution >= 4 is 58.2 Å². The topological polar surface area (TPSA) is 73.2 Å². The van der Waals surface area contributed by atoms with E-state index in [0.29, 0.717) is 32.9 Å². The molecule has 1 atom stereocenters. The molecule has 0 saturated carbocycles. The van der Waals surface area contributed by atoms with Crippen LogP contribution in [0.3, 0.4) is 0 Å². The predicted octanol–water partition coefficient (Wildman–Crippen LogP) is 6.98. The molecular formula is C28H23Cl2N3O2S. The fourth-order valence-corrected chi connectivity index (χ4v) is 5.50. The van der Waals surface area contributed by atoms with Gasteiger partial charge in [-0.2, -0.15) is 5.26 Å². The molecule has 3 aromatic rings. The summed E-state index contributed by atoms with van der Waals surface area (Å²) in [5.41, 5.74) is 4.87. The summed E-state index contributed by atoms with van der Waals surface area (Å²) in [6, 6.07) is 20.0. The molecule has 1 fully saturated rings. The minimum Gasteiger partial charge on any atom is -0.321 e. The van der Waals surface area contributed by atoms with Crippen molar-refractivity contribution in [2.75, 3.05) is 10.2 Å². The fraction of sp³-hybridized carbons (Fsp3) is 0.179. The Kier molecular flexibility index (Phi) is 7.75. The highest BCUT2D eigenvalue weighted by Gasteiger charge is 2.41. The first-order chi connectivity index (χ1) is 17.2. The number of thioether (sulfide) groups is 1. The molecule has 1 N–H and O–H groups in total. The van der Waals surface area contributed by atoms with Crippen LogP contribution in [0.4, 0.5) is 11.4 Å². The van der Waals surface area contributed by atoms with Crippen LogP contribution in [0.25, 0.3) is 0 Å². The number of hydrogen-bond acceptors (Lipinski definition) is 4. The Bertz CT molecular complexity index is 1430. The summed E-state index contributed by atoms with van der Waals surface area (Å²) >= 11 is 13.7. The van der Waals surface area contributed by atoms with Crippen molar-refractivity contribution in [1.29, 1.82) is 5.26 Å². The van der Waals surface area contributed by atoms with Crippen molar-refractivity contribution in [3.05, 3.63) is 104 Å². The Hall–Kier alpha value is -3.24. The van der Waals surface area contributed by atoms with Gasteiger partial charge >= 0.3 is 0 Å². The Morgan fingerprint density at radius 2 is 1.75 bits per heavy atom. The van der Waals surface area contributed by atoms with Crippen molar-refractivity contribution < 1.29 is 9.59 Å². The smallest absolute Gasteiger partial charge is 0.269 e. The molecule has 36 heavy (non-hydrogen) atoms. The number of hydrogen-bond donors (Lipinski definition) is 1. The van der Waals surface area contributed by atoms with Gasteiger partial charge in [0.1, 0.15) is 16.7 Å². The molecule has 0 radical (unpaired) electrons.